The summed E-state index contributed by atoms with van der Waals surface area (Å²) in [6.45, 7) is 1.21. The highest BCUT2D eigenvalue weighted by atomic mass is 16.6. The van der Waals surface area contributed by atoms with Gasteiger partial charge in [0, 0.05) is 17.7 Å². The molecule has 0 heterocycles. The normalized spacial score (nSPS) is 15.4. The molecule has 0 unspecified atom stereocenters. The molecular weight excluding hydrogens is 312 g/mol. The monoisotopic (exact) mass is 334 g/mol. The average molecular weight is 334 g/mol. The van der Waals surface area contributed by atoms with Gasteiger partial charge >= 0.3 is 5.97 Å². The number of carbonyl (C=O) groups is 2. The van der Waals surface area contributed by atoms with Gasteiger partial charge in [0.25, 0.3) is 11.6 Å². The third-order valence-corrected chi connectivity index (χ3v) is 4.20. The summed E-state index contributed by atoms with van der Waals surface area (Å²) in [5.74, 6) is -1.08. The summed E-state index contributed by atoms with van der Waals surface area (Å²) in [5.41, 5.74) is 0.379. The largest absolute Gasteiger partial charge is 0.452 e. The number of rotatable bonds is 5. The lowest BCUT2D eigenvalue weighted by molar-refractivity contribution is -0.385. The third kappa shape index (κ3) is 5.04. The van der Waals surface area contributed by atoms with Gasteiger partial charge in [-0.3, -0.25) is 14.9 Å². The lowest BCUT2D eigenvalue weighted by Crippen LogP contribution is -2.37. The van der Waals surface area contributed by atoms with Crippen LogP contribution in [0.1, 0.15) is 54.4 Å². The number of ether oxygens (including phenoxy) is 1. The number of nitro benzene ring substituents is 1. The fourth-order valence-corrected chi connectivity index (χ4v) is 2.84. The fraction of sp³-hybridized carbons (Fsp3) is 0.529. The van der Waals surface area contributed by atoms with Crippen molar-refractivity contribution in [3.63, 3.8) is 0 Å². The molecule has 2 rings (SSSR count). The minimum atomic E-state index is -0.742. The predicted octanol–water partition coefficient (Wildman–Crippen LogP) is 2.90. The number of aryl methyl sites for hydroxylation is 1. The van der Waals surface area contributed by atoms with E-state index in [2.05, 4.69) is 5.32 Å². The molecule has 1 saturated carbocycles. The van der Waals surface area contributed by atoms with Crippen LogP contribution in [0.3, 0.4) is 0 Å². The molecule has 7 nitrogen and oxygen atoms in total. The van der Waals surface area contributed by atoms with Crippen molar-refractivity contribution in [1.29, 1.82) is 0 Å². The van der Waals surface area contributed by atoms with Crippen LogP contribution in [-0.2, 0) is 9.53 Å². The second-order valence-electron chi connectivity index (χ2n) is 6.09. The van der Waals surface area contributed by atoms with Crippen LogP contribution in [0.15, 0.2) is 18.2 Å². The van der Waals surface area contributed by atoms with Crippen molar-refractivity contribution in [3.05, 3.63) is 39.4 Å². The van der Waals surface area contributed by atoms with Gasteiger partial charge in [-0.05, 0) is 25.8 Å². The molecule has 0 aliphatic heterocycles. The number of hydrogen-bond acceptors (Lipinski definition) is 5. The number of nitro groups is 1. The van der Waals surface area contributed by atoms with E-state index in [9.17, 15) is 19.7 Å². The summed E-state index contributed by atoms with van der Waals surface area (Å²) >= 11 is 0. The standard InChI is InChI=1S/C17H22N2O5/c1-12-8-9-13(10-15(12)19(22)23)17(21)24-11-16(20)18-14-6-4-2-3-5-7-14/h8-10,14H,2-7,11H2,1H3,(H,18,20). The molecule has 0 aromatic heterocycles. The molecule has 0 saturated heterocycles. The lowest BCUT2D eigenvalue weighted by Gasteiger charge is -2.16. The zero-order valence-corrected chi connectivity index (χ0v) is 13.7. The first-order valence-electron chi connectivity index (χ1n) is 8.19. The number of esters is 1. The van der Waals surface area contributed by atoms with E-state index < -0.39 is 10.9 Å². The molecule has 7 heteroatoms. The van der Waals surface area contributed by atoms with Gasteiger partial charge in [-0.15, -0.1) is 0 Å². The Bertz CT molecular complexity index is 621. The molecule has 1 fully saturated rings. The van der Waals surface area contributed by atoms with E-state index in [-0.39, 0.29) is 29.8 Å². The van der Waals surface area contributed by atoms with E-state index in [1.807, 2.05) is 0 Å². The Balaban J connectivity index is 1.87. The molecular formula is C17H22N2O5. The van der Waals surface area contributed by atoms with Crippen molar-refractivity contribution >= 4 is 17.6 Å². The van der Waals surface area contributed by atoms with Crippen molar-refractivity contribution in [2.75, 3.05) is 6.61 Å². The van der Waals surface area contributed by atoms with Crippen LogP contribution in [0, 0.1) is 17.0 Å². The van der Waals surface area contributed by atoms with E-state index >= 15 is 0 Å². The predicted molar refractivity (Wildman–Crippen MR) is 87.7 cm³/mol. The zero-order valence-electron chi connectivity index (χ0n) is 13.7. The van der Waals surface area contributed by atoms with Crippen LogP contribution in [0.2, 0.25) is 0 Å². The topological polar surface area (TPSA) is 98.5 Å². The molecule has 1 amide bonds. The second kappa shape index (κ2) is 8.42. The maximum atomic E-state index is 12.0. The summed E-state index contributed by atoms with van der Waals surface area (Å²) < 4.78 is 4.96. The van der Waals surface area contributed by atoms with Crippen molar-refractivity contribution < 1.29 is 19.2 Å². The molecule has 0 bridgehead atoms. The summed E-state index contributed by atoms with van der Waals surface area (Å²) in [4.78, 5) is 34.2. The SMILES string of the molecule is Cc1ccc(C(=O)OCC(=O)NC2CCCCCC2)cc1[N+](=O)[O-]. The van der Waals surface area contributed by atoms with Gasteiger partial charge in [-0.1, -0.05) is 31.7 Å². The lowest BCUT2D eigenvalue weighted by atomic mass is 10.1. The van der Waals surface area contributed by atoms with E-state index in [1.54, 1.807) is 6.92 Å². The van der Waals surface area contributed by atoms with Crippen LogP contribution >= 0.6 is 0 Å². The number of nitrogens with one attached hydrogen (secondary N) is 1. The fourth-order valence-electron chi connectivity index (χ4n) is 2.84. The van der Waals surface area contributed by atoms with Gasteiger partial charge < -0.3 is 10.1 Å². The second-order valence-corrected chi connectivity index (χ2v) is 6.09. The Labute approximate surface area is 140 Å². The quantitative estimate of drug-likeness (QED) is 0.386. The van der Waals surface area contributed by atoms with Crippen molar-refractivity contribution in [1.82, 2.24) is 5.32 Å². The molecule has 0 radical (unpaired) electrons. The average Bonchev–Trinajstić information content (AvgIpc) is 2.81. The molecule has 24 heavy (non-hydrogen) atoms. The van der Waals surface area contributed by atoms with Crippen LogP contribution in [0.25, 0.3) is 0 Å². The van der Waals surface area contributed by atoms with Gasteiger partial charge in [-0.25, -0.2) is 4.79 Å². The van der Waals surface area contributed by atoms with Gasteiger partial charge in [0.05, 0.1) is 10.5 Å². The van der Waals surface area contributed by atoms with Crippen molar-refractivity contribution in [2.45, 2.75) is 51.5 Å². The zero-order chi connectivity index (χ0) is 17.5. The number of nitrogens with zero attached hydrogens (tertiary/aromatic N) is 1. The Morgan fingerprint density at radius 1 is 1.25 bits per heavy atom. The minimum absolute atomic E-state index is 0.0644. The van der Waals surface area contributed by atoms with Gasteiger partial charge in [0.15, 0.2) is 6.61 Å². The third-order valence-electron chi connectivity index (χ3n) is 4.20. The van der Waals surface area contributed by atoms with E-state index in [0.717, 1.165) is 25.7 Å². The number of hydrogen-bond donors (Lipinski definition) is 1. The smallest absolute Gasteiger partial charge is 0.338 e. The molecule has 0 spiro atoms. The first-order chi connectivity index (χ1) is 11.5. The maximum absolute atomic E-state index is 12.0. The molecule has 1 aliphatic carbocycles. The molecule has 1 N–H and O–H groups in total. The van der Waals surface area contributed by atoms with Gasteiger partial charge in [0.1, 0.15) is 0 Å². The van der Waals surface area contributed by atoms with Crippen LogP contribution in [0.4, 0.5) is 5.69 Å². The minimum Gasteiger partial charge on any atom is -0.452 e. The number of carbonyl (C=O) groups excluding carboxylic acids is 2. The van der Waals surface area contributed by atoms with Crippen LogP contribution < -0.4 is 5.32 Å². The Kier molecular flexibility index (Phi) is 6.28. The van der Waals surface area contributed by atoms with Crippen LogP contribution in [0.5, 0.6) is 0 Å². The molecule has 1 aromatic rings. The number of benzene rings is 1. The van der Waals surface area contributed by atoms with E-state index in [4.69, 9.17) is 4.74 Å². The highest BCUT2D eigenvalue weighted by molar-refractivity contribution is 5.92. The Morgan fingerprint density at radius 2 is 1.92 bits per heavy atom. The molecule has 130 valence electrons. The number of amides is 1. The van der Waals surface area contributed by atoms with E-state index in [1.165, 1.54) is 31.0 Å². The summed E-state index contributed by atoms with van der Waals surface area (Å²) in [6, 6.07) is 4.24. The summed E-state index contributed by atoms with van der Waals surface area (Å²) in [6.07, 6.45) is 6.46. The van der Waals surface area contributed by atoms with Gasteiger partial charge in [0.2, 0.25) is 0 Å². The van der Waals surface area contributed by atoms with Crippen LogP contribution in [-0.4, -0.2) is 29.4 Å². The Hall–Kier alpha value is -2.44. The molecule has 1 aliphatic rings. The highest BCUT2D eigenvalue weighted by Gasteiger charge is 2.18. The molecule has 0 atom stereocenters. The first-order valence-corrected chi connectivity index (χ1v) is 8.19. The summed E-state index contributed by atoms with van der Waals surface area (Å²) in [5, 5.41) is 13.8. The molecule has 1 aromatic carbocycles. The maximum Gasteiger partial charge on any atom is 0.338 e. The van der Waals surface area contributed by atoms with Gasteiger partial charge in [-0.2, -0.15) is 0 Å². The Morgan fingerprint density at radius 3 is 2.54 bits per heavy atom. The summed E-state index contributed by atoms with van der Waals surface area (Å²) in [7, 11) is 0. The van der Waals surface area contributed by atoms with E-state index in [0.29, 0.717) is 5.56 Å². The van der Waals surface area contributed by atoms with Crippen molar-refractivity contribution in [3.8, 4) is 0 Å². The highest BCUT2D eigenvalue weighted by Crippen LogP contribution is 2.20. The first kappa shape index (κ1) is 17.9. The van der Waals surface area contributed by atoms with Crippen molar-refractivity contribution in [2.24, 2.45) is 0 Å².